The fourth-order valence-corrected chi connectivity index (χ4v) is 2.64. The molecular formula is C21H22N2O3. The lowest BCUT2D eigenvalue weighted by Crippen LogP contribution is -2.11. The minimum absolute atomic E-state index is 0.143. The normalized spacial score (nSPS) is 10.6. The van der Waals surface area contributed by atoms with Gasteiger partial charge in [-0.2, -0.15) is 0 Å². The Morgan fingerprint density at radius 2 is 1.92 bits per heavy atom. The second-order valence-corrected chi connectivity index (χ2v) is 6.12. The SMILES string of the molecule is CCc1cccc(NC(=O)c2ccc(OCc3c(C)noc3C)cc2)c1. The maximum atomic E-state index is 12.4. The van der Waals surface area contributed by atoms with Crippen LogP contribution in [0.3, 0.4) is 0 Å². The number of benzene rings is 2. The molecule has 2 aromatic carbocycles. The minimum atomic E-state index is -0.143. The number of hydrogen-bond donors (Lipinski definition) is 1. The van der Waals surface area contributed by atoms with Crippen molar-refractivity contribution in [2.75, 3.05) is 5.32 Å². The van der Waals surface area contributed by atoms with Crippen LogP contribution in [-0.2, 0) is 13.0 Å². The zero-order valence-electron chi connectivity index (χ0n) is 15.2. The molecule has 3 aromatic rings. The summed E-state index contributed by atoms with van der Waals surface area (Å²) in [7, 11) is 0. The molecule has 0 saturated heterocycles. The molecule has 0 aliphatic rings. The van der Waals surface area contributed by atoms with Gasteiger partial charge < -0.3 is 14.6 Å². The number of aromatic nitrogens is 1. The molecule has 0 fully saturated rings. The molecule has 5 heteroatoms. The van der Waals surface area contributed by atoms with E-state index >= 15 is 0 Å². The van der Waals surface area contributed by atoms with E-state index in [9.17, 15) is 4.79 Å². The highest BCUT2D eigenvalue weighted by molar-refractivity contribution is 6.04. The van der Waals surface area contributed by atoms with Gasteiger partial charge in [0.25, 0.3) is 5.91 Å². The summed E-state index contributed by atoms with van der Waals surface area (Å²) in [6, 6.07) is 14.9. The van der Waals surface area contributed by atoms with Gasteiger partial charge in [0.1, 0.15) is 18.1 Å². The van der Waals surface area contributed by atoms with Gasteiger partial charge in [-0.1, -0.05) is 24.2 Å². The molecule has 0 aliphatic heterocycles. The largest absolute Gasteiger partial charge is 0.489 e. The Balaban J connectivity index is 1.62. The Morgan fingerprint density at radius 3 is 2.58 bits per heavy atom. The molecule has 1 N–H and O–H groups in total. The molecule has 0 atom stereocenters. The monoisotopic (exact) mass is 350 g/mol. The van der Waals surface area contributed by atoms with Gasteiger partial charge in [0.2, 0.25) is 0 Å². The van der Waals surface area contributed by atoms with Gasteiger partial charge in [-0.15, -0.1) is 0 Å². The van der Waals surface area contributed by atoms with Crippen LogP contribution in [-0.4, -0.2) is 11.1 Å². The lowest BCUT2D eigenvalue weighted by atomic mass is 10.1. The molecule has 1 heterocycles. The van der Waals surface area contributed by atoms with Crippen LogP contribution in [0.4, 0.5) is 5.69 Å². The van der Waals surface area contributed by atoms with Crippen molar-refractivity contribution < 1.29 is 14.1 Å². The van der Waals surface area contributed by atoms with Gasteiger partial charge in [0.05, 0.1) is 11.3 Å². The van der Waals surface area contributed by atoms with Crippen molar-refractivity contribution in [3.8, 4) is 5.75 Å². The Morgan fingerprint density at radius 1 is 1.15 bits per heavy atom. The predicted molar refractivity (Wildman–Crippen MR) is 101 cm³/mol. The van der Waals surface area contributed by atoms with Gasteiger partial charge in [0, 0.05) is 11.3 Å². The number of aryl methyl sites for hydroxylation is 3. The van der Waals surface area contributed by atoms with Crippen molar-refractivity contribution in [3.63, 3.8) is 0 Å². The summed E-state index contributed by atoms with van der Waals surface area (Å²) < 4.78 is 10.9. The fourth-order valence-electron chi connectivity index (χ4n) is 2.64. The van der Waals surface area contributed by atoms with Crippen LogP contribution in [0.25, 0.3) is 0 Å². The highest BCUT2D eigenvalue weighted by Gasteiger charge is 2.10. The number of rotatable bonds is 6. The molecule has 0 radical (unpaired) electrons. The molecule has 0 saturated carbocycles. The fraction of sp³-hybridized carbons (Fsp3) is 0.238. The van der Waals surface area contributed by atoms with Gasteiger partial charge in [-0.25, -0.2) is 0 Å². The van der Waals surface area contributed by atoms with E-state index in [1.54, 1.807) is 24.3 Å². The van der Waals surface area contributed by atoms with E-state index in [0.29, 0.717) is 17.9 Å². The first kappa shape index (κ1) is 17.7. The smallest absolute Gasteiger partial charge is 0.255 e. The van der Waals surface area contributed by atoms with Gasteiger partial charge in [-0.05, 0) is 62.2 Å². The second-order valence-electron chi connectivity index (χ2n) is 6.12. The molecule has 26 heavy (non-hydrogen) atoms. The highest BCUT2D eigenvalue weighted by atomic mass is 16.5. The van der Waals surface area contributed by atoms with E-state index in [0.717, 1.165) is 29.1 Å². The maximum absolute atomic E-state index is 12.4. The lowest BCUT2D eigenvalue weighted by molar-refractivity contribution is 0.102. The molecule has 3 rings (SSSR count). The standard InChI is InChI=1S/C21H22N2O3/c1-4-16-6-5-7-18(12-16)22-21(24)17-8-10-19(11-9-17)25-13-20-14(2)23-26-15(20)3/h5-12H,4,13H2,1-3H3,(H,22,24). The maximum Gasteiger partial charge on any atom is 0.255 e. The number of nitrogens with zero attached hydrogens (tertiary/aromatic N) is 1. The Bertz CT molecular complexity index is 878. The first-order valence-electron chi connectivity index (χ1n) is 8.61. The number of carbonyl (C=O) groups excluding carboxylic acids is 1. The zero-order valence-corrected chi connectivity index (χ0v) is 15.2. The second kappa shape index (κ2) is 7.87. The molecule has 0 unspecified atom stereocenters. The highest BCUT2D eigenvalue weighted by Crippen LogP contribution is 2.19. The van der Waals surface area contributed by atoms with E-state index in [1.807, 2.05) is 38.1 Å². The lowest BCUT2D eigenvalue weighted by Gasteiger charge is -2.09. The molecule has 1 amide bonds. The quantitative estimate of drug-likeness (QED) is 0.701. The van der Waals surface area contributed by atoms with Crippen LogP contribution in [0, 0.1) is 13.8 Å². The zero-order chi connectivity index (χ0) is 18.5. The van der Waals surface area contributed by atoms with Gasteiger partial charge in [-0.3, -0.25) is 4.79 Å². The summed E-state index contributed by atoms with van der Waals surface area (Å²) in [6.07, 6.45) is 0.931. The van der Waals surface area contributed by atoms with Crippen LogP contribution in [0.1, 0.15) is 39.9 Å². The minimum Gasteiger partial charge on any atom is -0.489 e. The van der Waals surface area contributed by atoms with E-state index < -0.39 is 0 Å². The predicted octanol–water partition coefficient (Wildman–Crippen LogP) is 4.69. The molecule has 0 spiro atoms. The van der Waals surface area contributed by atoms with Crippen molar-refractivity contribution in [1.29, 1.82) is 0 Å². The average Bonchev–Trinajstić information content (AvgIpc) is 2.98. The third kappa shape index (κ3) is 4.11. The summed E-state index contributed by atoms with van der Waals surface area (Å²) in [6.45, 7) is 6.22. The third-order valence-electron chi connectivity index (χ3n) is 4.27. The van der Waals surface area contributed by atoms with E-state index in [4.69, 9.17) is 9.26 Å². The summed E-state index contributed by atoms with van der Waals surface area (Å²) in [5.74, 6) is 1.30. The first-order valence-corrected chi connectivity index (χ1v) is 8.61. The van der Waals surface area contributed by atoms with Crippen LogP contribution < -0.4 is 10.1 Å². The molecular weight excluding hydrogens is 328 g/mol. The average molecular weight is 350 g/mol. The molecule has 0 aliphatic carbocycles. The summed E-state index contributed by atoms with van der Waals surface area (Å²) in [5, 5.41) is 6.83. The van der Waals surface area contributed by atoms with Gasteiger partial charge in [0.15, 0.2) is 0 Å². The number of carbonyl (C=O) groups is 1. The first-order chi connectivity index (χ1) is 12.6. The molecule has 1 aromatic heterocycles. The topological polar surface area (TPSA) is 64.4 Å². The third-order valence-corrected chi connectivity index (χ3v) is 4.27. The molecule has 134 valence electrons. The van der Waals surface area contributed by atoms with E-state index in [2.05, 4.69) is 17.4 Å². The Hall–Kier alpha value is -3.08. The summed E-state index contributed by atoms with van der Waals surface area (Å²) in [4.78, 5) is 12.4. The van der Waals surface area contributed by atoms with E-state index in [-0.39, 0.29) is 5.91 Å². The van der Waals surface area contributed by atoms with Crippen LogP contribution in [0.2, 0.25) is 0 Å². The number of nitrogens with one attached hydrogen (secondary N) is 1. The van der Waals surface area contributed by atoms with Crippen LogP contribution in [0.5, 0.6) is 5.75 Å². The van der Waals surface area contributed by atoms with Crippen molar-refractivity contribution in [3.05, 3.63) is 76.7 Å². The van der Waals surface area contributed by atoms with E-state index in [1.165, 1.54) is 5.56 Å². The van der Waals surface area contributed by atoms with Crippen LogP contribution >= 0.6 is 0 Å². The van der Waals surface area contributed by atoms with Crippen molar-refractivity contribution in [1.82, 2.24) is 5.16 Å². The van der Waals surface area contributed by atoms with Gasteiger partial charge >= 0.3 is 0 Å². The van der Waals surface area contributed by atoms with Crippen LogP contribution in [0.15, 0.2) is 53.1 Å². The Labute approximate surface area is 153 Å². The Kier molecular flexibility index (Phi) is 5.37. The molecule has 5 nitrogen and oxygen atoms in total. The number of anilines is 1. The number of hydrogen-bond acceptors (Lipinski definition) is 4. The van der Waals surface area contributed by atoms with Crippen molar-refractivity contribution in [2.24, 2.45) is 0 Å². The molecule has 0 bridgehead atoms. The number of ether oxygens (including phenoxy) is 1. The number of amides is 1. The summed E-state index contributed by atoms with van der Waals surface area (Å²) in [5.41, 5.74) is 4.34. The van der Waals surface area contributed by atoms with Crippen molar-refractivity contribution in [2.45, 2.75) is 33.8 Å². The summed E-state index contributed by atoms with van der Waals surface area (Å²) >= 11 is 0. The van der Waals surface area contributed by atoms with Crippen molar-refractivity contribution >= 4 is 11.6 Å².